The van der Waals surface area contributed by atoms with Gasteiger partial charge in [0.1, 0.15) is 0 Å². The Balaban J connectivity index is 1.71. The van der Waals surface area contributed by atoms with Crippen LogP contribution in [0.3, 0.4) is 0 Å². The van der Waals surface area contributed by atoms with Gasteiger partial charge in [0, 0.05) is 11.1 Å². The van der Waals surface area contributed by atoms with Gasteiger partial charge in [0.25, 0.3) is 0 Å². The van der Waals surface area contributed by atoms with Crippen molar-refractivity contribution in [1.29, 1.82) is 0 Å². The lowest BCUT2D eigenvalue weighted by atomic mass is 9.67. The number of rotatable bonds is 5. The quantitative estimate of drug-likeness (QED) is 0.476. The molecule has 0 bridgehead atoms. The molecule has 2 aliphatic rings. The highest BCUT2D eigenvalue weighted by Crippen LogP contribution is 2.45. The van der Waals surface area contributed by atoms with Crippen LogP contribution in [0, 0.1) is 5.41 Å². The molecule has 0 N–H and O–H groups in total. The molecule has 3 rings (SSSR count). The van der Waals surface area contributed by atoms with E-state index in [1.165, 1.54) is 69.2 Å². The lowest BCUT2D eigenvalue weighted by Gasteiger charge is -2.47. The molecule has 1 heterocycles. The summed E-state index contributed by atoms with van der Waals surface area (Å²) in [5.74, 6) is 0. The molecule has 0 aromatic heterocycles. The number of piperidine rings is 1. The summed E-state index contributed by atoms with van der Waals surface area (Å²) in [4.78, 5) is 2.77. The molecule has 1 saturated carbocycles. The largest absolute Gasteiger partial charge is 0.297 e. The fourth-order valence-corrected chi connectivity index (χ4v) is 5.48. The van der Waals surface area contributed by atoms with Gasteiger partial charge in [0.05, 0.1) is 0 Å². The van der Waals surface area contributed by atoms with Crippen molar-refractivity contribution in [2.24, 2.45) is 5.41 Å². The minimum absolute atomic E-state index is 0.140. The minimum Gasteiger partial charge on any atom is -0.297 e. The molecule has 150 valence electrons. The molecular formula is C25H38ClN. The van der Waals surface area contributed by atoms with Crippen LogP contribution in [-0.2, 0) is 5.41 Å². The molecule has 2 fully saturated rings. The van der Waals surface area contributed by atoms with E-state index in [-0.39, 0.29) is 5.41 Å². The van der Waals surface area contributed by atoms with Gasteiger partial charge in [-0.2, -0.15) is 0 Å². The third-order valence-corrected chi connectivity index (χ3v) is 7.36. The molecule has 2 heteroatoms. The highest BCUT2D eigenvalue weighted by Gasteiger charge is 2.37. The molecule has 1 aliphatic heterocycles. The summed E-state index contributed by atoms with van der Waals surface area (Å²) in [6.45, 7) is 11.8. The first-order chi connectivity index (χ1) is 12.8. The fraction of sp³-hybridized carbons (Fsp3) is 0.680. The Kier molecular flexibility index (Phi) is 6.75. The van der Waals surface area contributed by atoms with Crippen molar-refractivity contribution in [3.05, 3.63) is 46.5 Å². The zero-order valence-corrected chi connectivity index (χ0v) is 18.6. The van der Waals surface area contributed by atoms with Gasteiger partial charge in [-0.15, -0.1) is 0 Å². The number of hydrogen-bond donors (Lipinski definition) is 0. The molecular weight excluding hydrogens is 350 g/mol. The van der Waals surface area contributed by atoms with E-state index in [0.29, 0.717) is 11.5 Å². The van der Waals surface area contributed by atoms with Gasteiger partial charge in [-0.3, -0.25) is 4.90 Å². The Morgan fingerprint density at radius 1 is 1.04 bits per heavy atom. The van der Waals surface area contributed by atoms with Crippen LogP contribution in [0.2, 0.25) is 5.02 Å². The van der Waals surface area contributed by atoms with E-state index >= 15 is 0 Å². The molecule has 1 nitrogen and oxygen atoms in total. The first-order valence-electron chi connectivity index (χ1n) is 10.9. The molecule has 1 unspecified atom stereocenters. The third kappa shape index (κ3) is 5.39. The maximum atomic E-state index is 6.11. The Labute approximate surface area is 172 Å². The van der Waals surface area contributed by atoms with Gasteiger partial charge in [-0.1, -0.05) is 68.5 Å². The van der Waals surface area contributed by atoms with Crippen LogP contribution in [0.1, 0.15) is 84.6 Å². The first kappa shape index (κ1) is 20.9. The molecule has 1 spiro atoms. The van der Waals surface area contributed by atoms with Gasteiger partial charge < -0.3 is 0 Å². The molecule has 0 amide bonds. The number of allylic oxidation sites excluding steroid dienone is 1. The Hall–Kier alpha value is -0.790. The zero-order valence-electron chi connectivity index (χ0n) is 17.9. The Morgan fingerprint density at radius 2 is 1.63 bits per heavy atom. The number of halogens is 1. The van der Waals surface area contributed by atoms with Crippen molar-refractivity contribution in [1.82, 2.24) is 4.90 Å². The van der Waals surface area contributed by atoms with E-state index in [1.54, 1.807) is 0 Å². The van der Waals surface area contributed by atoms with Gasteiger partial charge in [0.2, 0.25) is 0 Å². The second-order valence-corrected chi connectivity index (χ2v) is 10.4. The minimum atomic E-state index is 0.140. The van der Waals surface area contributed by atoms with E-state index in [4.69, 9.17) is 11.6 Å². The predicted octanol–water partition coefficient (Wildman–Crippen LogP) is 7.39. The second kappa shape index (κ2) is 8.70. The smallest absolute Gasteiger partial charge is 0.0406 e. The van der Waals surface area contributed by atoms with Crippen molar-refractivity contribution in [3.8, 4) is 0 Å². The average molecular weight is 388 g/mol. The Bertz CT molecular complexity index is 623. The topological polar surface area (TPSA) is 3.24 Å². The predicted molar refractivity (Wildman–Crippen MR) is 119 cm³/mol. The molecule has 1 aromatic rings. The summed E-state index contributed by atoms with van der Waals surface area (Å²) in [5, 5.41) is 0.823. The zero-order chi connectivity index (χ0) is 19.5. The van der Waals surface area contributed by atoms with E-state index in [9.17, 15) is 0 Å². The lowest BCUT2D eigenvalue weighted by Crippen LogP contribution is -2.47. The summed E-state index contributed by atoms with van der Waals surface area (Å²) in [6, 6.07) is 9.00. The summed E-state index contributed by atoms with van der Waals surface area (Å²) >= 11 is 6.11. The number of benzene rings is 1. The standard InChI is InChI=1S/C25H38ClN/c1-20(2)18-23(19-24(3,4)21-8-10-22(26)11-9-21)27-16-14-25(15-17-27)12-6-5-7-13-25/h8-11,18,23H,5-7,12-17,19H2,1-4H3. The van der Waals surface area contributed by atoms with Crippen LogP contribution in [0.15, 0.2) is 35.9 Å². The monoisotopic (exact) mass is 387 g/mol. The van der Waals surface area contributed by atoms with Crippen molar-refractivity contribution in [2.45, 2.75) is 90.5 Å². The second-order valence-electron chi connectivity index (χ2n) is 10.0. The molecule has 1 aliphatic carbocycles. The van der Waals surface area contributed by atoms with E-state index in [2.05, 4.69) is 50.8 Å². The summed E-state index contributed by atoms with van der Waals surface area (Å²) in [6.07, 6.45) is 13.8. The van der Waals surface area contributed by atoms with Crippen LogP contribution in [0.25, 0.3) is 0 Å². The lowest BCUT2D eigenvalue weighted by molar-refractivity contribution is 0.0490. The maximum absolute atomic E-state index is 6.11. The van der Waals surface area contributed by atoms with Crippen molar-refractivity contribution in [2.75, 3.05) is 13.1 Å². The fourth-order valence-electron chi connectivity index (χ4n) is 5.35. The van der Waals surface area contributed by atoms with Crippen molar-refractivity contribution < 1.29 is 0 Å². The average Bonchev–Trinajstić information content (AvgIpc) is 2.62. The third-order valence-electron chi connectivity index (χ3n) is 7.11. The number of nitrogens with zero attached hydrogens (tertiary/aromatic N) is 1. The SMILES string of the molecule is CC(C)=CC(CC(C)(C)c1ccc(Cl)cc1)N1CCC2(CCCCC2)CC1. The molecule has 1 aromatic carbocycles. The summed E-state index contributed by atoms with van der Waals surface area (Å²) in [5.41, 5.74) is 3.64. The van der Waals surface area contributed by atoms with E-state index in [0.717, 1.165) is 11.4 Å². The van der Waals surface area contributed by atoms with Gasteiger partial charge in [0.15, 0.2) is 0 Å². The summed E-state index contributed by atoms with van der Waals surface area (Å²) < 4.78 is 0. The van der Waals surface area contributed by atoms with Crippen LogP contribution in [0.5, 0.6) is 0 Å². The van der Waals surface area contributed by atoms with Crippen LogP contribution in [-0.4, -0.2) is 24.0 Å². The number of likely N-dealkylation sites (tertiary alicyclic amines) is 1. The molecule has 0 radical (unpaired) electrons. The van der Waals surface area contributed by atoms with Gasteiger partial charge in [-0.25, -0.2) is 0 Å². The van der Waals surface area contributed by atoms with Crippen LogP contribution >= 0.6 is 11.6 Å². The van der Waals surface area contributed by atoms with Gasteiger partial charge in [-0.05, 0) is 87.6 Å². The maximum Gasteiger partial charge on any atom is 0.0406 e. The molecule has 27 heavy (non-hydrogen) atoms. The van der Waals surface area contributed by atoms with Crippen LogP contribution in [0.4, 0.5) is 0 Å². The first-order valence-corrected chi connectivity index (χ1v) is 11.3. The van der Waals surface area contributed by atoms with Gasteiger partial charge >= 0.3 is 0 Å². The van der Waals surface area contributed by atoms with E-state index < -0.39 is 0 Å². The highest BCUT2D eigenvalue weighted by molar-refractivity contribution is 6.30. The summed E-state index contributed by atoms with van der Waals surface area (Å²) in [7, 11) is 0. The Morgan fingerprint density at radius 3 is 2.19 bits per heavy atom. The van der Waals surface area contributed by atoms with Crippen molar-refractivity contribution >= 4 is 11.6 Å². The van der Waals surface area contributed by atoms with E-state index in [1.807, 2.05) is 12.1 Å². The molecule has 1 atom stereocenters. The van der Waals surface area contributed by atoms with Crippen molar-refractivity contribution in [3.63, 3.8) is 0 Å². The number of hydrogen-bond acceptors (Lipinski definition) is 1. The molecule has 1 saturated heterocycles. The highest BCUT2D eigenvalue weighted by atomic mass is 35.5. The normalized spacial score (nSPS) is 21.8. The van der Waals surface area contributed by atoms with Crippen LogP contribution < -0.4 is 0 Å².